The molecule has 94 valence electrons. The topological polar surface area (TPSA) is 37.8 Å². The Bertz CT molecular complexity index is 384. The second-order valence-corrected chi connectivity index (χ2v) is 5.57. The average molecular weight is 274 g/mol. The Morgan fingerprint density at radius 3 is 2.82 bits per heavy atom. The van der Waals surface area contributed by atoms with Crippen LogP contribution in [0, 0.1) is 5.92 Å². The minimum Gasteiger partial charge on any atom is -0.380 e. The lowest BCUT2D eigenvalue weighted by Gasteiger charge is -2.18. The second-order valence-electron chi connectivity index (χ2n) is 4.83. The molecule has 1 aromatic rings. The summed E-state index contributed by atoms with van der Waals surface area (Å²) in [5.41, 5.74) is 0.797. The highest BCUT2D eigenvalue weighted by Crippen LogP contribution is 2.27. The number of nitrogens with one attached hydrogen (secondary N) is 1. The van der Waals surface area contributed by atoms with E-state index in [-0.39, 0.29) is 0 Å². The first-order valence-electron chi connectivity index (χ1n) is 6.10. The second kappa shape index (κ2) is 5.87. The van der Waals surface area contributed by atoms with Gasteiger partial charge in [-0.05, 0) is 25.2 Å². The summed E-state index contributed by atoms with van der Waals surface area (Å²) in [4.78, 5) is 0. The maximum atomic E-state index is 5.99. The van der Waals surface area contributed by atoms with Gasteiger partial charge in [-0.25, -0.2) is 0 Å². The Hall–Kier alpha value is -0.540. The fraction of sp³-hybridized carbons (Fsp3) is 0.667. The number of hydrogen-bond acceptors (Lipinski definition) is 3. The van der Waals surface area contributed by atoms with Crippen LogP contribution >= 0.6 is 23.2 Å². The molecule has 1 aromatic heterocycles. The predicted octanol–water partition coefficient (Wildman–Crippen LogP) is 4.16. The fourth-order valence-electron chi connectivity index (χ4n) is 2.31. The molecule has 5 heteroatoms. The molecule has 2 rings (SSSR count). The van der Waals surface area contributed by atoms with Gasteiger partial charge in [0.1, 0.15) is 0 Å². The Morgan fingerprint density at radius 1 is 1.18 bits per heavy atom. The molecule has 0 radical (unpaired) electrons. The average Bonchev–Trinajstić information content (AvgIpc) is 2.49. The van der Waals surface area contributed by atoms with Crippen molar-refractivity contribution >= 4 is 28.9 Å². The van der Waals surface area contributed by atoms with Crippen molar-refractivity contribution < 1.29 is 0 Å². The number of rotatable bonds is 2. The van der Waals surface area contributed by atoms with Gasteiger partial charge in [0.15, 0.2) is 10.3 Å². The summed E-state index contributed by atoms with van der Waals surface area (Å²) in [6.45, 7) is 2.32. The van der Waals surface area contributed by atoms with Crippen LogP contribution in [0.3, 0.4) is 0 Å². The van der Waals surface area contributed by atoms with Gasteiger partial charge in [0.25, 0.3) is 0 Å². The van der Waals surface area contributed by atoms with Crippen LogP contribution in [0.15, 0.2) is 6.07 Å². The SMILES string of the molecule is CC1CCCC(Nc2cc(Cl)nnc2Cl)CC1. The Balaban J connectivity index is 2.02. The molecule has 3 nitrogen and oxygen atoms in total. The van der Waals surface area contributed by atoms with Gasteiger partial charge in [0.2, 0.25) is 0 Å². The molecule has 17 heavy (non-hydrogen) atoms. The molecule has 0 bridgehead atoms. The summed E-state index contributed by atoms with van der Waals surface area (Å²) < 4.78 is 0. The monoisotopic (exact) mass is 273 g/mol. The molecule has 1 aliphatic rings. The highest BCUT2D eigenvalue weighted by molar-refractivity contribution is 6.33. The van der Waals surface area contributed by atoms with Crippen molar-refractivity contribution in [3.63, 3.8) is 0 Å². The minimum absolute atomic E-state index is 0.374. The van der Waals surface area contributed by atoms with Crippen molar-refractivity contribution in [2.24, 2.45) is 5.92 Å². The third-order valence-corrected chi connectivity index (χ3v) is 3.80. The number of aromatic nitrogens is 2. The van der Waals surface area contributed by atoms with Crippen molar-refractivity contribution in [1.29, 1.82) is 0 Å². The van der Waals surface area contributed by atoms with Gasteiger partial charge < -0.3 is 5.32 Å². The van der Waals surface area contributed by atoms with Gasteiger partial charge in [-0.2, -0.15) is 0 Å². The van der Waals surface area contributed by atoms with Crippen LogP contribution in [-0.4, -0.2) is 16.2 Å². The molecule has 1 saturated carbocycles. The molecule has 1 aliphatic carbocycles. The highest BCUT2D eigenvalue weighted by Gasteiger charge is 2.17. The third-order valence-electron chi connectivity index (χ3n) is 3.34. The molecule has 0 saturated heterocycles. The number of nitrogens with zero attached hydrogens (tertiary/aromatic N) is 2. The van der Waals surface area contributed by atoms with E-state index in [1.54, 1.807) is 6.07 Å². The van der Waals surface area contributed by atoms with Crippen molar-refractivity contribution in [3.8, 4) is 0 Å². The summed E-state index contributed by atoms with van der Waals surface area (Å²) in [6.07, 6.45) is 6.21. The van der Waals surface area contributed by atoms with Gasteiger partial charge in [-0.1, -0.05) is 43.0 Å². The summed E-state index contributed by atoms with van der Waals surface area (Å²) in [6, 6.07) is 2.21. The van der Waals surface area contributed by atoms with E-state index in [9.17, 15) is 0 Å². The lowest BCUT2D eigenvalue weighted by atomic mass is 10.0. The zero-order chi connectivity index (χ0) is 12.3. The van der Waals surface area contributed by atoms with Crippen LogP contribution in [0.1, 0.15) is 39.0 Å². The summed E-state index contributed by atoms with van der Waals surface area (Å²) in [7, 11) is 0. The number of halogens is 2. The smallest absolute Gasteiger partial charge is 0.174 e. The molecule has 0 aliphatic heterocycles. The summed E-state index contributed by atoms with van der Waals surface area (Å²) in [5, 5.41) is 11.7. The van der Waals surface area contributed by atoms with Gasteiger partial charge in [0, 0.05) is 12.1 Å². The minimum atomic E-state index is 0.374. The lowest BCUT2D eigenvalue weighted by Crippen LogP contribution is -2.19. The zero-order valence-corrected chi connectivity index (χ0v) is 11.4. The van der Waals surface area contributed by atoms with Crippen LogP contribution in [0.2, 0.25) is 10.3 Å². The standard InChI is InChI=1S/C12H17Cl2N3/c1-8-3-2-4-9(6-5-8)15-10-7-11(13)16-17-12(10)14/h7-9H,2-6H2,1H3,(H,15,16). The van der Waals surface area contributed by atoms with E-state index in [1.165, 1.54) is 32.1 Å². The summed E-state index contributed by atoms with van der Waals surface area (Å²) in [5.74, 6) is 0.830. The molecule has 2 unspecified atom stereocenters. The first-order chi connectivity index (χ1) is 8.15. The normalized spacial score (nSPS) is 25.4. The van der Waals surface area contributed by atoms with Crippen molar-refractivity contribution in [1.82, 2.24) is 10.2 Å². The molecule has 1 fully saturated rings. The van der Waals surface area contributed by atoms with E-state index >= 15 is 0 Å². The van der Waals surface area contributed by atoms with Gasteiger partial charge in [-0.3, -0.25) is 0 Å². The number of hydrogen-bond donors (Lipinski definition) is 1. The molecule has 0 aromatic carbocycles. The first-order valence-corrected chi connectivity index (χ1v) is 6.86. The van der Waals surface area contributed by atoms with Crippen molar-refractivity contribution in [2.45, 2.75) is 45.1 Å². The third kappa shape index (κ3) is 3.71. The van der Waals surface area contributed by atoms with E-state index in [0.29, 0.717) is 16.3 Å². The lowest BCUT2D eigenvalue weighted by molar-refractivity contribution is 0.502. The highest BCUT2D eigenvalue weighted by atomic mass is 35.5. The fourth-order valence-corrected chi connectivity index (χ4v) is 2.60. The van der Waals surface area contributed by atoms with Gasteiger partial charge >= 0.3 is 0 Å². The maximum absolute atomic E-state index is 5.99. The largest absolute Gasteiger partial charge is 0.380 e. The van der Waals surface area contributed by atoms with E-state index in [1.807, 2.05) is 0 Å². The summed E-state index contributed by atoms with van der Waals surface area (Å²) >= 11 is 11.8. The molecule has 1 N–H and O–H groups in total. The molecule has 1 heterocycles. The number of anilines is 1. The molecule has 2 atom stereocenters. The molecular weight excluding hydrogens is 257 g/mol. The zero-order valence-electron chi connectivity index (χ0n) is 9.92. The van der Waals surface area contributed by atoms with E-state index < -0.39 is 0 Å². The van der Waals surface area contributed by atoms with E-state index in [2.05, 4.69) is 22.4 Å². The van der Waals surface area contributed by atoms with E-state index in [4.69, 9.17) is 23.2 Å². The molecular formula is C12H17Cl2N3. The maximum Gasteiger partial charge on any atom is 0.174 e. The van der Waals surface area contributed by atoms with Crippen LogP contribution in [-0.2, 0) is 0 Å². The van der Waals surface area contributed by atoms with Crippen LogP contribution in [0.4, 0.5) is 5.69 Å². The Labute approximate surface area is 112 Å². The first kappa shape index (κ1) is 12.9. The molecule has 0 amide bonds. The van der Waals surface area contributed by atoms with Crippen LogP contribution < -0.4 is 5.32 Å². The van der Waals surface area contributed by atoms with E-state index in [0.717, 1.165) is 11.6 Å². The van der Waals surface area contributed by atoms with Crippen LogP contribution in [0.25, 0.3) is 0 Å². The van der Waals surface area contributed by atoms with Crippen molar-refractivity contribution in [3.05, 3.63) is 16.4 Å². The Morgan fingerprint density at radius 2 is 2.00 bits per heavy atom. The quantitative estimate of drug-likeness (QED) is 0.823. The molecule has 0 spiro atoms. The van der Waals surface area contributed by atoms with Gasteiger partial charge in [-0.15, -0.1) is 10.2 Å². The predicted molar refractivity (Wildman–Crippen MR) is 71.7 cm³/mol. The van der Waals surface area contributed by atoms with Crippen LogP contribution in [0.5, 0.6) is 0 Å². The Kier molecular flexibility index (Phi) is 4.46. The van der Waals surface area contributed by atoms with Gasteiger partial charge in [0.05, 0.1) is 5.69 Å². The van der Waals surface area contributed by atoms with Crippen molar-refractivity contribution in [2.75, 3.05) is 5.32 Å².